The van der Waals surface area contributed by atoms with Crippen LogP contribution in [0, 0.1) is 12.7 Å². The first-order valence-electron chi connectivity index (χ1n) is 5.78. The van der Waals surface area contributed by atoms with Crippen molar-refractivity contribution < 1.29 is 4.39 Å². The van der Waals surface area contributed by atoms with Crippen LogP contribution in [0.15, 0.2) is 34.1 Å². The zero-order chi connectivity index (χ0) is 13.1. The fraction of sp³-hybridized carbons (Fsp3) is 0.286. The minimum absolute atomic E-state index is 0.00968. The van der Waals surface area contributed by atoms with Gasteiger partial charge in [0.05, 0.1) is 3.79 Å². The second kappa shape index (κ2) is 5.95. The summed E-state index contributed by atoms with van der Waals surface area (Å²) in [6.07, 6.45) is 0.799. The second-order valence-electron chi connectivity index (χ2n) is 4.23. The van der Waals surface area contributed by atoms with Gasteiger partial charge >= 0.3 is 0 Å². The fourth-order valence-corrected chi connectivity index (χ4v) is 3.50. The highest BCUT2D eigenvalue weighted by Gasteiger charge is 2.16. The summed E-state index contributed by atoms with van der Waals surface area (Å²) in [6, 6.07) is 9.67. The molecule has 2 rings (SSSR count). The molecule has 0 bridgehead atoms. The van der Waals surface area contributed by atoms with Crippen molar-refractivity contribution in [3.05, 3.63) is 55.9 Å². The third kappa shape index (κ3) is 2.99. The Labute approximate surface area is 119 Å². The van der Waals surface area contributed by atoms with Gasteiger partial charge < -0.3 is 5.32 Å². The van der Waals surface area contributed by atoms with Crippen molar-refractivity contribution in [2.75, 3.05) is 7.05 Å². The molecule has 0 spiro atoms. The van der Waals surface area contributed by atoms with Crippen LogP contribution in [0.1, 0.15) is 22.0 Å². The summed E-state index contributed by atoms with van der Waals surface area (Å²) < 4.78 is 15.2. The maximum atomic E-state index is 14.1. The number of aryl methyl sites for hydroxylation is 1. The molecular formula is C14H15BrFNS. The number of hydrogen-bond donors (Lipinski definition) is 1. The maximum Gasteiger partial charge on any atom is 0.130 e. The van der Waals surface area contributed by atoms with Crippen molar-refractivity contribution in [2.24, 2.45) is 0 Å². The van der Waals surface area contributed by atoms with E-state index in [1.165, 1.54) is 4.88 Å². The minimum Gasteiger partial charge on any atom is -0.313 e. The summed E-state index contributed by atoms with van der Waals surface area (Å²) in [5.74, 6) is -0.104. The molecule has 0 fully saturated rings. The Morgan fingerprint density at radius 1 is 1.33 bits per heavy atom. The van der Waals surface area contributed by atoms with Crippen LogP contribution < -0.4 is 5.32 Å². The van der Waals surface area contributed by atoms with Crippen LogP contribution in [-0.4, -0.2) is 7.05 Å². The van der Waals surface area contributed by atoms with Crippen molar-refractivity contribution in [3.8, 4) is 0 Å². The summed E-state index contributed by atoms with van der Waals surface area (Å²) in [6.45, 7) is 1.80. The molecule has 0 saturated carbocycles. The van der Waals surface area contributed by atoms with E-state index >= 15 is 0 Å². The number of halogens is 2. The van der Waals surface area contributed by atoms with E-state index in [2.05, 4.69) is 27.3 Å². The van der Waals surface area contributed by atoms with E-state index in [-0.39, 0.29) is 11.9 Å². The topological polar surface area (TPSA) is 12.0 Å². The molecule has 96 valence electrons. The summed E-state index contributed by atoms with van der Waals surface area (Å²) >= 11 is 5.14. The lowest BCUT2D eigenvalue weighted by Gasteiger charge is -2.17. The highest BCUT2D eigenvalue weighted by molar-refractivity contribution is 9.11. The highest BCUT2D eigenvalue weighted by Crippen LogP contribution is 2.28. The van der Waals surface area contributed by atoms with Crippen LogP contribution >= 0.6 is 27.3 Å². The van der Waals surface area contributed by atoms with Gasteiger partial charge in [-0.2, -0.15) is 0 Å². The Balaban J connectivity index is 2.25. The lowest BCUT2D eigenvalue weighted by molar-refractivity contribution is 0.532. The van der Waals surface area contributed by atoms with Gasteiger partial charge in [-0.3, -0.25) is 0 Å². The minimum atomic E-state index is -0.104. The third-order valence-electron chi connectivity index (χ3n) is 2.98. The van der Waals surface area contributed by atoms with E-state index in [1.807, 2.05) is 25.2 Å². The predicted octanol–water partition coefficient (Wildman–Crippen LogP) is 4.46. The number of benzene rings is 1. The van der Waals surface area contributed by atoms with E-state index in [0.717, 1.165) is 15.8 Å². The second-order valence-corrected chi connectivity index (χ2v) is 6.78. The molecule has 1 aromatic heterocycles. The van der Waals surface area contributed by atoms with Crippen molar-refractivity contribution >= 4 is 27.3 Å². The normalized spacial score (nSPS) is 12.7. The molecule has 1 nitrogen and oxygen atoms in total. The van der Waals surface area contributed by atoms with E-state index in [4.69, 9.17) is 0 Å². The van der Waals surface area contributed by atoms with Gasteiger partial charge in [0.1, 0.15) is 5.82 Å². The average Bonchev–Trinajstić information content (AvgIpc) is 2.76. The summed E-state index contributed by atoms with van der Waals surface area (Å²) in [7, 11) is 1.87. The molecule has 1 aromatic carbocycles. The van der Waals surface area contributed by atoms with Crippen LogP contribution in [-0.2, 0) is 6.42 Å². The Kier molecular flexibility index (Phi) is 4.54. The Morgan fingerprint density at radius 2 is 2.11 bits per heavy atom. The largest absolute Gasteiger partial charge is 0.313 e. The third-order valence-corrected chi connectivity index (χ3v) is 4.63. The molecule has 0 amide bonds. The smallest absolute Gasteiger partial charge is 0.130 e. The van der Waals surface area contributed by atoms with Gasteiger partial charge in [-0.25, -0.2) is 4.39 Å². The molecule has 18 heavy (non-hydrogen) atoms. The van der Waals surface area contributed by atoms with Gasteiger partial charge in [-0.05, 0) is 47.6 Å². The molecule has 0 saturated heterocycles. The quantitative estimate of drug-likeness (QED) is 0.874. The van der Waals surface area contributed by atoms with Gasteiger partial charge in [-0.1, -0.05) is 18.2 Å². The maximum absolute atomic E-state index is 14.1. The van der Waals surface area contributed by atoms with E-state index < -0.39 is 0 Å². The molecule has 0 aliphatic rings. The predicted molar refractivity (Wildman–Crippen MR) is 78.7 cm³/mol. The van der Waals surface area contributed by atoms with Crippen molar-refractivity contribution in [1.29, 1.82) is 0 Å². The van der Waals surface area contributed by atoms with Crippen LogP contribution in [0.5, 0.6) is 0 Å². The molecule has 0 aliphatic carbocycles. The average molecular weight is 328 g/mol. The molecule has 2 aromatic rings. The number of thiophene rings is 1. The molecular weight excluding hydrogens is 313 g/mol. The Morgan fingerprint density at radius 3 is 2.72 bits per heavy atom. The molecule has 0 radical (unpaired) electrons. The first-order chi connectivity index (χ1) is 8.61. The SMILES string of the molecule is CNC(Cc1ccc(Br)s1)c1cccc(C)c1F. The lowest BCUT2D eigenvalue weighted by atomic mass is 10.0. The first-order valence-corrected chi connectivity index (χ1v) is 7.39. The number of nitrogens with one attached hydrogen (secondary N) is 1. The van der Waals surface area contributed by atoms with E-state index in [1.54, 1.807) is 24.3 Å². The number of likely N-dealkylation sites (N-methyl/N-ethyl adjacent to an activating group) is 1. The molecule has 1 heterocycles. The Hall–Kier alpha value is -0.710. The van der Waals surface area contributed by atoms with E-state index in [0.29, 0.717) is 5.56 Å². The zero-order valence-corrected chi connectivity index (χ0v) is 12.7. The molecule has 1 atom stereocenters. The fourth-order valence-electron chi connectivity index (χ4n) is 1.97. The standard InChI is InChI=1S/C14H15BrFNS/c1-9-4-3-5-11(14(9)16)12(17-2)8-10-6-7-13(15)18-10/h3-7,12,17H,8H2,1-2H3. The van der Waals surface area contributed by atoms with Crippen LogP contribution in [0.4, 0.5) is 4.39 Å². The molecule has 0 aliphatic heterocycles. The number of hydrogen-bond acceptors (Lipinski definition) is 2. The van der Waals surface area contributed by atoms with Crippen LogP contribution in [0.3, 0.4) is 0 Å². The highest BCUT2D eigenvalue weighted by atomic mass is 79.9. The summed E-state index contributed by atoms with van der Waals surface area (Å²) in [4.78, 5) is 1.24. The van der Waals surface area contributed by atoms with Crippen molar-refractivity contribution in [3.63, 3.8) is 0 Å². The van der Waals surface area contributed by atoms with Crippen LogP contribution in [0.2, 0.25) is 0 Å². The molecule has 1 unspecified atom stereocenters. The van der Waals surface area contributed by atoms with Gasteiger partial charge in [0.25, 0.3) is 0 Å². The van der Waals surface area contributed by atoms with Crippen molar-refractivity contribution in [1.82, 2.24) is 5.32 Å². The zero-order valence-electron chi connectivity index (χ0n) is 10.3. The molecule has 4 heteroatoms. The lowest BCUT2D eigenvalue weighted by Crippen LogP contribution is -2.20. The van der Waals surface area contributed by atoms with Gasteiger partial charge in [0.15, 0.2) is 0 Å². The van der Waals surface area contributed by atoms with Gasteiger partial charge in [0, 0.05) is 22.9 Å². The van der Waals surface area contributed by atoms with Gasteiger partial charge in [-0.15, -0.1) is 11.3 Å². The summed E-state index contributed by atoms with van der Waals surface area (Å²) in [5, 5.41) is 3.20. The number of rotatable bonds is 4. The van der Waals surface area contributed by atoms with Gasteiger partial charge in [0.2, 0.25) is 0 Å². The van der Waals surface area contributed by atoms with Crippen LogP contribution in [0.25, 0.3) is 0 Å². The Bertz CT molecular complexity index is 538. The summed E-state index contributed by atoms with van der Waals surface area (Å²) in [5.41, 5.74) is 1.43. The first kappa shape index (κ1) is 13.7. The van der Waals surface area contributed by atoms with Crippen molar-refractivity contribution in [2.45, 2.75) is 19.4 Å². The molecule has 1 N–H and O–H groups in total. The monoisotopic (exact) mass is 327 g/mol. The van der Waals surface area contributed by atoms with E-state index in [9.17, 15) is 4.39 Å².